The van der Waals surface area contributed by atoms with Crippen LogP contribution in [0.4, 0.5) is 10.1 Å². The van der Waals surface area contributed by atoms with Crippen LogP contribution >= 0.6 is 0 Å². The van der Waals surface area contributed by atoms with Gasteiger partial charge in [0.25, 0.3) is 0 Å². The molecule has 0 aliphatic rings. The zero-order chi connectivity index (χ0) is 15.2. The molecule has 0 saturated carbocycles. The summed E-state index contributed by atoms with van der Waals surface area (Å²) in [6.45, 7) is 2.06. The molecule has 0 aliphatic carbocycles. The quantitative estimate of drug-likeness (QED) is 0.875. The Balaban J connectivity index is 2.04. The van der Waals surface area contributed by atoms with Crippen LogP contribution < -0.4 is 14.8 Å². The topological polar surface area (TPSA) is 30.5 Å². The summed E-state index contributed by atoms with van der Waals surface area (Å²) in [5.41, 5.74) is 1.91. The van der Waals surface area contributed by atoms with Gasteiger partial charge in [-0.15, -0.1) is 0 Å². The predicted octanol–water partition coefficient (Wildman–Crippen LogP) is 3.89. The van der Waals surface area contributed by atoms with Crippen molar-refractivity contribution in [3.8, 4) is 11.5 Å². The molecule has 21 heavy (non-hydrogen) atoms. The van der Waals surface area contributed by atoms with Gasteiger partial charge in [0.2, 0.25) is 0 Å². The Kier molecular flexibility index (Phi) is 5.04. The molecular weight excluding hydrogens is 269 g/mol. The lowest BCUT2D eigenvalue weighted by Gasteiger charge is -2.17. The first kappa shape index (κ1) is 15.2. The van der Waals surface area contributed by atoms with Crippen LogP contribution in [0.1, 0.15) is 12.5 Å². The van der Waals surface area contributed by atoms with Crippen LogP contribution in [-0.4, -0.2) is 20.3 Å². The molecule has 1 unspecified atom stereocenters. The highest BCUT2D eigenvalue weighted by molar-refractivity contribution is 5.55. The zero-order valence-corrected chi connectivity index (χ0v) is 12.5. The van der Waals surface area contributed by atoms with Gasteiger partial charge in [0, 0.05) is 17.8 Å². The molecule has 0 aromatic heterocycles. The maximum atomic E-state index is 13.2. The molecule has 2 aromatic carbocycles. The van der Waals surface area contributed by atoms with E-state index in [-0.39, 0.29) is 11.9 Å². The van der Waals surface area contributed by atoms with Gasteiger partial charge in [0.1, 0.15) is 5.82 Å². The molecule has 1 N–H and O–H groups in total. The van der Waals surface area contributed by atoms with Crippen molar-refractivity contribution in [3.63, 3.8) is 0 Å². The summed E-state index contributed by atoms with van der Waals surface area (Å²) in [4.78, 5) is 0. The lowest BCUT2D eigenvalue weighted by molar-refractivity contribution is 0.355. The smallest absolute Gasteiger partial charge is 0.162 e. The number of methoxy groups -OCH3 is 2. The minimum atomic E-state index is -0.203. The number of rotatable bonds is 6. The Morgan fingerprint density at radius 2 is 1.81 bits per heavy atom. The summed E-state index contributed by atoms with van der Waals surface area (Å²) in [5, 5.41) is 3.38. The van der Waals surface area contributed by atoms with Gasteiger partial charge in [-0.1, -0.05) is 12.1 Å². The van der Waals surface area contributed by atoms with Crippen LogP contribution in [0, 0.1) is 5.82 Å². The third-order valence-corrected chi connectivity index (χ3v) is 3.23. The molecule has 0 fully saturated rings. The minimum Gasteiger partial charge on any atom is -0.493 e. The van der Waals surface area contributed by atoms with Gasteiger partial charge in [-0.25, -0.2) is 4.39 Å². The van der Waals surface area contributed by atoms with Gasteiger partial charge >= 0.3 is 0 Å². The highest BCUT2D eigenvalue weighted by Crippen LogP contribution is 2.30. The number of benzene rings is 2. The highest BCUT2D eigenvalue weighted by atomic mass is 19.1. The molecule has 0 radical (unpaired) electrons. The van der Waals surface area contributed by atoms with Gasteiger partial charge in [-0.2, -0.15) is 0 Å². The van der Waals surface area contributed by atoms with Crippen molar-refractivity contribution in [1.29, 1.82) is 0 Å². The van der Waals surface area contributed by atoms with Crippen molar-refractivity contribution < 1.29 is 13.9 Å². The Bertz CT molecular complexity index is 601. The minimum absolute atomic E-state index is 0.171. The predicted molar refractivity (Wildman–Crippen MR) is 82.7 cm³/mol. The molecule has 0 aliphatic heterocycles. The number of hydrogen-bond acceptors (Lipinski definition) is 3. The molecule has 1 atom stereocenters. The Labute approximate surface area is 124 Å². The van der Waals surface area contributed by atoms with Crippen LogP contribution in [0.25, 0.3) is 0 Å². The van der Waals surface area contributed by atoms with E-state index in [9.17, 15) is 4.39 Å². The van der Waals surface area contributed by atoms with E-state index in [1.807, 2.05) is 24.3 Å². The van der Waals surface area contributed by atoms with E-state index < -0.39 is 0 Å². The number of ether oxygens (including phenoxy) is 2. The van der Waals surface area contributed by atoms with E-state index in [1.54, 1.807) is 26.4 Å². The van der Waals surface area contributed by atoms with Crippen LogP contribution in [0.3, 0.4) is 0 Å². The first-order valence-electron chi connectivity index (χ1n) is 6.85. The Morgan fingerprint density at radius 3 is 2.48 bits per heavy atom. The second-order valence-electron chi connectivity index (χ2n) is 4.95. The van der Waals surface area contributed by atoms with Gasteiger partial charge in [-0.3, -0.25) is 0 Å². The van der Waals surface area contributed by atoms with Crippen molar-refractivity contribution in [2.45, 2.75) is 19.4 Å². The summed E-state index contributed by atoms with van der Waals surface area (Å²) < 4.78 is 23.7. The van der Waals surface area contributed by atoms with Gasteiger partial charge in [0.15, 0.2) is 11.5 Å². The fourth-order valence-electron chi connectivity index (χ4n) is 2.28. The van der Waals surface area contributed by atoms with Gasteiger partial charge < -0.3 is 14.8 Å². The highest BCUT2D eigenvalue weighted by Gasteiger charge is 2.08. The van der Waals surface area contributed by atoms with E-state index in [0.717, 1.165) is 17.7 Å². The molecule has 3 nitrogen and oxygen atoms in total. The average Bonchev–Trinajstić information content (AvgIpc) is 2.47. The Morgan fingerprint density at radius 1 is 1.05 bits per heavy atom. The largest absolute Gasteiger partial charge is 0.493 e. The average molecular weight is 289 g/mol. The van der Waals surface area contributed by atoms with Crippen LogP contribution in [0.15, 0.2) is 42.5 Å². The molecule has 0 bridgehead atoms. The van der Waals surface area contributed by atoms with Gasteiger partial charge in [0.05, 0.1) is 14.2 Å². The maximum Gasteiger partial charge on any atom is 0.162 e. The molecular formula is C17H20FNO2. The number of halogens is 1. The zero-order valence-electron chi connectivity index (χ0n) is 12.5. The lowest BCUT2D eigenvalue weighted by Crippen LogP contribution is -2.18. The second-order valence-corrected chi connectivity index (χ2v) is 4.95. The number of hydrogen-bond donors (Lipinski definition) is 1. The van der Waals surface area contributed by atoms with Crippen molar-refractivity contribution in [3.05, 3.63) is 53.8 Å². The van der Waals surface area contributed by atoms with Crippen LogP contribution in [0.2, 0.25) is 0 Å². The van der Waals surface area contributed by atoms with E-state index in [2.05, 4.69) is 12.2 Å². The molecule has 112 valence electrons. The summed E-state index contributed by atoms with van der Waals surface area (Å²) >= 11 is 0. The summed E-state index contributed by atoms with van der Waals surface area (Å²) in [7, 11) is 3.22. The third-order valence-electron chi connectivity index (χ3n) is 3.23. The fraction of sp³-hybridized carbons (Fsp3) is 0.294. The van der Waals surface area contributed by atoms with Crippen molar-refractivity contribution in [1.82, 2.24) is 0 Å². The van der Waals surface area contributed by atoms with Crippen LogP contribution in [-0.2, 0) is 6.42 Å². The third kappa shape index (κ3) is 4.12. The first-order valence-corrected chi connectivity index (χ1v) is 6.85. The van der Waals surface area contributed by atoms with Crippen molar-refractivity contribution in [2.75, 3.05) is 19.5 Å². The number of anilines is 1. The number of nitrogens with one attached hydrogen (secondary N) is 1. The second kappa shape index (κ2) is 6.97. The maximum absolute atomic E-state index is 13.2. The lowest BCUT2D eigenvalue weighted by atomic mass is 10.1. The summed E-state index contributed by atoms with van der Waals surface area (Å²) in [6.07, 6.45) is 0.742. The first-order chi connectivity index (χ1) is 10.1. The van der Waals surface area contributed by atoms with Crippen LogP contribution in [0.5, 0.6) is 11.5 Å². The molecule has 2 aromatic rings. The van der Waals surface area contributed by atoms with E-state index in [0.29, 0.717) is 11.5 Å². The standard InChI is InChI=1S/C17H20FNO2/c1-12(9-13-5-4-6-14(18)10-13)19-15-7-8-16(20-2)17(11-15)21-3/h4-8,10-12,19H,9H2,1-3H3. The molecule has 0 heterocycles. The molecule has 0 spiro atoms. The van der Waals surface area contributed by atoms with Gasteiger partial charge in [-0.05, 0) is 43.2 Å². The normalized spacial score (nSPS) is 11.8. The Hall–Kier alpha value is -2.23. The molecule has 0 saturated heterocycles. The van der Waals surface area contributed by atoms with Crippen molar-refractivity contribution in [2.24, 2.45) is 0 Å². The molecule has 2 rings (SSSR count). The van der Waals surface area contributed by atoms with E-state index >= 15 is 0 Å². The SMILES string of the molecule is COc1ccc(NC(C)Cc2cccc(F)c2)cc1OC. The van der Waals surface area contributed by atoms with E-state index in [1.165, 1.54) is 6.07 Å². The van der Waals surface area contributed by atoms with Crippen molar-refractivity contribution >= 4 is 5.69 Å². The molecule has 4 heteroatoms. The summed E-state index contributed by atoms with van der Waals surface area (Å²) in [5.74, 6) is 1.17. The fourth-order valence-corrected chi connectivity index (χ4v) is 2.28. The monoisotopic (exact) mass is 289 g/mol. The molecule has 0 amide bonds. The van der Waals surface area contributed by atoms with E-state index in [4.69, 9.17) is 9.47 Å². The summed E-state index contributed by atoms with van der Waals surface area (Å²) in [6, 6.07) is 12.5.